The number of fused-ring (bicyclic) bond motifs is 1. The van der Waals surface area contributed by atoms with E-state index in [1.807, 2.05) is 28.8 Å². The zero-order valence-corrected chi connectivity index (χ0v) is 15.0. The summed E-state index contributed by atoms with van der Waals surface area (Å²) in [7, 11) is -2.96. The molecule has 0 spiro atoms. The van der Waals surface area contributed by atoms with Gasteiger partial charge in [-0.2, -0.15) is 0 Å². The summed E-state index contributed by atoms with van der Waals surface area (Å²) < 4.78 is 24.5. The minimum Gasteiger partial charge on any atom is -0.549 e. The van der Waals surface area contributed by atoms with Crippen LogP contribution in [0.1, 0.15) is 6.04 Å². The van der Waals surface area contributed by atoms with Gasteiger partial charge >= 0.3 is 29.6 Å². The first-order chi connectivity index (χ1) is 9.46. The van der Waals surface area contributed by atoms with E-state index in [9.17, 15) is 18.3 Å². The number of thioether (sulfide) groups is 1. The molecule has 0 bridgehead atoms. The Morgan fingerprint density at radius 3 is 2.67 bits per heavy atom. The topological polar surface area (TPSA) is 92.1 Å². The number of carbonyl (C=O) groups excluding carboxylic acids is 1. The fourth-order valence-electron chi connectivity index (χ4n) is 2.29. The summed E-state index contributed by atoms with van der Waals surface area (Å²) in [5, 5.41) is 11.1. The number of hydrogen-bond acceptors (Lipinski definition) is 6. The molecule has 1 aromatic carbocycles. The van der Waals surface area contributed by atoms with Crippen molar-refractivity contribution in [2.45, 2.75) is 11.2 Å². The molecule has 1 aromatic heterocycles. The second kappa shape index (κ2) is 6.29. The molecule has 1 saturated heterocycles. The Balaban J connectivity index is 0.00000161. The van der Waals surface area contributed by atoms with E-state index in [0.717, 1.165) is 22.8 Å². The van der Waals surface area contributed by atoms with Crippen LogP contribution in [0.4, 0.5) is 0 Å². The number of benzene rings is 1. The molecule has 0 saturated carbocycles. The van der Waals surface area contributed by atoms with Crippen molar-refractivity contribution in [2.75, 3.05) is 17.3 Å². The first-order valence-corrected chi connectivity index (χ1v) is 8.77. The normalized spacial score (nSPS) is 17.1. The third-order valence-corrected chi connectivity index (χ3v) is 5.85. The van der Waals surface area contributed by atoms with E-state index < -0.39 is 15.8 Å². The minimum absolute atomic E-state index is 0. The number of sulfone groups is 1. The van der Waals surface area contributed by atoms with Gasteiger partial charge in [-0.25, -0.2) is 13.4 Å². The van der Waals surface area contributed by atoms with Crippen LogP contribution in [0.2, 0.25) is 0 Å². The Hall–Kier alpha value is -0.540. The van der Waals surface area contributed by atoms with E-state index in [1.165, 1.54) is 0 Å². The summed E-state index contributed by atoms with van der Waals surface area (Å²) in [6.07, 6.45) is 0. The van der Waals surface area contributed by atoms with Crippen molar-refractivity contribution in [3.05, 3.63) is 24.3 Å². The molecule has 21 heavy (non-hydrogen) atoms. The van der Waals surface area contributed by atoms with Crippen LogP contribution < -0.4 is 34.7 Å². The molecule has 2 heterocycles. The first-order valence-electron chi connectivity index (χ1n) is 5.96. The fourth-order valence-corrected chi connectivity index (χ4v) is 4.46. The van der Waals surface area contributed by atoms with E-state index in [-0.39, 0.29) is 52.9 Å². The molecule has 1 fully saturated rings. The molecule has 106 valence electrons. The fraction of sp³-hybridized carbons (Fsp3) is 0.333. The third-order valence-electron chi connectivity index (χ3n) is 3.14. The number of hydrogen-bond donors (Lipinski definition) is 0. The molecular formula is C12H11N2NaO4S2. The summed E-state index contributed by atoms with van der Waals surface area (Å²) in [4.78, 5) is 15.0. The zero-order valence-electron chi connectivity index (χ0n) is 11.4. The van der Waals surface area contributed by atoms with Gasteiger partial charge in [-0.1, -0.05) is 23.9 Å². The number of aliphatic carboxylic acids is 1. The number of carboxylic acids is 1. The summed E-state index contributed by atoms with van der Waals surface area (Å²) in [5.74, 6) is -1.23. The molecule has 1 aliphatic heterocycles. The van der Waals surface area contributed by atoms with Crippen LogP contribution in [0.25, 0.3) is 11.0 Å². The van der Waals surface area contributed by atoms with E-state index in [4.69, 9.17) is 0 Å². The molecule has 0 N–H and O–H groups in total. The van der Waals surface area contributed by atoms with E-state index in [2.05, 4.69) is 4.98 Å². The zero-order chi connectivity index (χ0) is 14.3. The van der Waals surface area contributed by atoms with Crippen LogP contribution in [0.15, 0.2) is 29.4 Å². The van der Waals surface area contributed by atoms with E-state index in [1.54, 1.807) is 0 Å². The predicted octanol–water partition coefficient (Wildman–Crippen LogP) is -3.15. The van der Waals surface area contributed by atoms with Crippen molar-refractivity contribution in [1.29, 1.82) is 0 Å². The van der Waals surface area contributed by atoms with Gasteiger partial charge in [-0.3, -0.25) is 0 Å². The molecule has 3 rings (SSSR count). The number of para-hydroxylation sites is 2. The number of nitrogens with zero attached hydrogens (tertiary/aromatic N) is 2. The maximum atomic E-state index is 11.4. The van der Waals surface area contributed by atoms with Crippen molar-refractivity contribution < 1.29 is 47.9 Å². The van der Waals surface area contributed by atoms with Crippen LogP contribution >= 0.6 is 11.8 Å². The van der Waals surface area contributed by atoms with Gasteiger partial charge in [0.25, 0.3) is 0 Å². The monoisotopic (exact) mass is 334 g/mol. The average Bonchev–Trinajstić information content (AvgIpc) is 2.71. The summed E-state index contributed by atoms with van der Waals surface area (Å²) in [6, 6.07) is 7.20. The third kappa shape index (κ3) is 3.45. The molecule has 0 atom stereocenters. The average molecular weight is 334 g/mol. The number of carboxylic acid groups (broad SMARTS) is 1. The largest absolute Gasteiger partial charge is 1.00 e. The number of rotatable bonds is 4. The van der Waals surface area contributed by atoms with Crippen molar-refractivity contribution >= 4 is 38.6 Å². The van der Waals surface area contributed by atoms with Crippen molar-refractivity contribution in [2.24, 2.45) is 0 Å². The van der Waals surface area contributed by atoms with Gasteiger partial charge in [0.15, 0.2) is 15.0 Å². The molecule has 6 nitrogen and oxygen atoms in total. The van der Waals surface area contributed by atoms with Crippen molar-refractivity contribution in [1.82, 2.24) is 9.55 Å². The van der Waals surface area contributed by atoms with Gasteiger partial charge in [-0.05, 0) is 12.1 Å². The minimum atomic E-state index is -2.96. The standard InChI is InChI=1S/C12H12N2O4S2.Na/c15-11(16)5-19-12-13-9-3-1-2-4-10(9)14(12)8-6-20(17,18)7-8;/h1-4,8H,5-7H2,(H,15,16);/q;+1/p-1. The molecule has 0 unspecified atom stereocenters. The van der Waals surface area contributed by atoms with Gasteiger partial charge < -0.3 is 14.5 Å². The molecule has 0 aliphatic carbocycles. The molecule has 0 amide bonds. The Bertz CT molecular complexity index is 776. The molecule has 0 radical (unpaired) electrons. The Labute approximate surface area is 148 Å². The van der Waals surface area contributed by atoms with Gasteiger partial charge in [0.05, 0.1) is 34.6 Å². The van der Waals surface area contributed by atoms with E-state index in [0.29, 0.717) is 5.16 Å². The SMILES string of the molecule is O=C([O-])CSc1nc2ccccc2n1C1CS(=O)(=O)C1.[Na+]. The van der Waals surface area contributed by atoms with Gasteiger partial charge in [0, 0.05) is 5.75 Å². The van der Waals surface area contributed by atoms with E-state index >= 15 is 0 Å². The summed E-state index contributed by atoms with van der Waals surface area (Å²) in [5.41, 5.74) is 1.56. The molecule has 1 aliphatic rings. The number of aromatic nitrogens is 2. The predicted molar refractivity (Wildman–Crippen MR) is 73.2 cm³/mol. The van der Waals surface area contributed by atoms with Crippen LogP contribution in [-0.2, 0) is 14.6 Å². The maximum absolute atomic E-state index is 11.4. The van der Waals surface area contributed by atoms with Gasteiger partial charge in [0.2, 0.25) is 0 Å². The molecular weight excluding hydrogens is 323 g/mol. The Morgan fingerprint density at radius 1 is 1.38 bits per heavy atom. The van der Waals surface area contributed by atoms with Crippen LogP contribution in [0.5, 0.6) is 0 Å². The first kappa shape index (κ1) is 16.8. The smallest absolute Gasteiger partial charge is 0.549 e. The second-order valence-corrected chi connectivity index (χ2v) is 7.74. The summed E-state index contributed by atoms with van der Waals surface area (Å²) in [6.45, 7) is 0. The summed E-state index contributed by atoms with van der Waals surface area (Å²) >= 11 is 1.05. The van der Waals surface area contributed by atoms with Crippen LogP contribution in [-0.4, -0.2) is 41.2 Å². The van der Waals surface area contributed by atoms with Crippen molar-refractivity contribution in [3.63, 3.8) is 0 Å². The Kier molecular flexibility index (Phi) is 5.04. The maximum Gasteiger partial charge on any atom is 1.00 e. The van der Waals surface area contributed by atoms with Crippen LogP contribution in [0.3, 0.4) is 0 Å². The number of imidazole rings is 1. The van der Waals surface area contributed by atoms with Crippen LogP contribution in [0, 0.1) is 0 Å². The Morgan fingerprint density at radius 2 is 2.05 bits per heavy atom. The molecule has 9 heteroatoms. The number of carbonyl (C=O) groups is 1. The quantitative estimate of drug-likeness (QED) is 0.433. The van der Waals surface area contributed by atoms with Gasteiger partial charge in [0.1, 0.15) is 0 Å². The molecule has 2 aromatic rings. The van der Waals surface area contributed by atoms with Crippen molar-refractivity contribution in [3.8, 4) is 0 Å². The van der Waals surface area contributed by atoms with Gasteiger partial charge in [-0.15, -0.1) is 0 Å². The second-order valence-electron chi connectivity index (χ2n) is 4.64.